The number of aromatic nitrogens is 1. The number of para-hydroxylation sites is 1. The maximum absolute atomic E-state index is 12.3. The highest BCUT2D eigenvalue weighted by Crippen LogP contribution is 2.29. The Morgan fingerprint density at radius 3 is 2.72 bits per heavy atom. The molecule has 0 radical (unpaired) electrons. The van der Waals surface area contributed by atoms with Crippen LogP contribution in [0.3, 0.4) is 0 Å². The molecule has 3 rings (SSSR count). The summed E-state index contributed by atoms with van der Waals surface area (Å²) in [6.07, 6.45) is 1.69. The molecule has 0 unspecified atom stereocenters. The van der Waals surface area contributed by atoms with Crippen molar-refractivity contribution in [2.24, 2.45) is 0 Å². The van der Waals surface area contributed by atoms with E-state index in [0.29, 0.717) is 19.8 Å². The maximum atomic E-state index is 12.3. The van der Waals surface area contributed by atoms with E-state index in [1.54, 1.807) is 24.4 Å². The van der Waals surface area contributed by atoms with Gasteiger partial charge in [0.25, 0.3) is 0 Å². The molecule has 0 amide bonds. The van der Waals surface area contributed by atoms with E-state index in [-0.39, 0.29) is 5.78 Å². The molecule has 18 heavy (non-hydrogen) atoms. The quantitative estimate of drug-likeness (QED) is 0.679. The van der Waals surface area contributed by atoms with Crippen molar-refractivity contribution >= 4 is 51.2 Å². The van der Waals surface area contributed by atoms with Crippen molar-refractivity contribution in [1.82, 2.24) is 4.98 Å². The van der Waals surface area contributed by atoms with Crippen molar-refractivity contribution in [2.45, 2.75) is 0 Å². The van der Waals surface area contributed by atoms with E-state index in [9.17, 15) is 4.79 Å². The number of rotatable bonds is 2. The Morgan fingerprint density at radius 2 is 2.00 bits per heavy atom. The molecule has 2 aromatic heterocycles. The zero-order valence-corrected chi connectivity index (χ0v) is 11.4. The van der Waals surface area contributed by atoms with E-state index in [0.717, 1.165) is 10.9 Å². The number of fused-ring (bicyclic) bond motifs is 1. The minimum absolute atomic E-state index is 0.0413. The molecule has 90 valence electrons. The van der Waals surface area contributed by atoms with Gasteiger partial charge in [0.05, 0.1) is 19.8 Å². The molecule has 0 bridgehead atoms. The van der Waals surface area contributed by atoms with Gasteiger partial charge in [-0.3, -0.25) is 4.79 Å². The molecule has 0 aliphatic heterocycles. The first-order chi connectivity index (χ1) is 8.66. The molecule has 0 saturated carbocycles. The van der Waals surface area contributed by atoms with Crippen LogP contribution in [0.2, 0.25) is 9.36 Å². The summed E-state index contributed by atoms with van der Waals surface area (Å²) in [6.45, 7) is 0. The van der Waals surface area contributed by atoms with Gasteiger partial charge in [-0.15, -0.1) is 11.3 Å². The number of carbonyl (C=O) groups excluding carboxylic acids is 1. The SMILES string of the molecule is O=C(c1ccc(Cl)s1)c1c[nH]c2c(Cl)cccc12. The molecule has 3 aromatic rings. The summed E-state index contributed by atoms with van der Waals surface area (Å²) in [5.74, 6) is -0.0413. The molecule has 0 spiro atoms. The van der Waals surface area contributed by atoms with Crippen molar-refractivity contribution < 1.29 is 4.79 Å². The van der Waals surface area contributed by atoms with Gasteiger partial charge in [-0.25, -0.2) is 0 Å². The highest BCUT2D eigenvalue weighted by molar-refractivity contribution is 7.18. The highest BCUT2D eigenvalue weighted by atomic mass is 35.5. The molecule has 1 aromatic carbocycles. The number of hydrogen-bond acceptors (Lipinski definition) is 2. The van der Waals surface area contributed by atoms with Crippen molar-refractivity contribution in [3.05, 3.63) is 56.3 Å². The van der Waals surface area contributed by atoms with Crippen LogP contribution in [0.15, 0.2) is 36.5 Å². The van der Waals surface area contributed by atoms with E-state index in [4.69, 9.17) is 23.2 Å². The molecule has 5 heteroatoms. The number of benzene rings is 1. The van der Waals surface area contributed by atoms with Crippen LogP contribution >= 0.6 is 34.5 Å². The van der Waals surface area contributed by atoms with Gasteiger partial charge in [0.15, 0.2) is 0 Å². The van der Waals surface area contributed by atoms with E-state index in [1.807, 2.05) is 12.1 Å². The van der Waals surface area contributed by atoms with E-state index in [2.05, 4.69) is 4.98 Å². The van der Waals surface area contributed by atoms with E-state index in [1.165, 1.54) is 11.3 Å². The van der Waals surface area contributed by atoms with Crippen molar-refractivity contribution in [2.75, 3.05) is 0 Å². The minimum atomic E-state index is -0.0413. The normalized spacial score (nSPS) is 11.0. The van der Waals surface area contributed by atoms with Crippen molar-refractivity contribution in [1.29, 1.82) is 0 Å². The molecular weight excluding hydrogens is 289 g/mol. The van der Waals surface area contributed by atoms with Crippen LogP contribution in [-0.4, -0.2) is 10.8 Å². The van der Waals surface area contributed by atoms with E-state index >= 15 is 0 Å². The number of nitrogens with one attached hydrogen (secondary N) is 1. The summed E-state index contributed by atoms with van der Waals surface area (Å²) in [7, 11) is 0. The van der Waals surface area contributed by atoms with Crippen LogP contribution < -0.4 is 0 Å². The number of halogens is 2. The Labute approximate surface area is 117 Å². The third-order valence-electron chi connectivity index (χ3n) is 2.71. The van der Waals surface area contributed by atoms with Gasteiger partial charge < -0.3 is 4.98 Å². The first-order valence-electron chi connectivity index (χ1n) is 5.22. The first-order valence-corrected chi connectivity index (χ1v) is 6.79. The number of carbonyl (C=O) groups is 1. The smallest absolute Gasteiger partial charge is 0.205 e. The van der Waals surface area contributed by atoms with Gasteiger partial charge in [0, 0.05) is 17.1 Å². The summed E-state index contributed by atoms with van der Waals surface area (Å²) >= 11 is 13.2. The Hall–Kier alpha value is -1.29. The second-order valence-electron chi connectivity index (χ2n) is 3.80. The van der Waals surface area contributed by atoms with Gasteiger partial charge >= 0.3 is 0 Å². The lowest BCUT2D eigenvalue weighted by atomic mass is 10.1. The van der Waals surface area contributed by atoms with Crippen molar-refractivity contribution in [3.63, 3.8) is 0 Å². The average Bonchev–Trinajstić information content (AvgIpc) is 2.95. The fraction of sp³-hybridized carbons (Fsp3) is 0. The standard InChI is InChI=1S/C13H7Cl2NOS/c14-9-3-1-2-7-8(6-16-12(7)9)13(17)10-4-5-11(15)18-10/h1-6,16H. The Balaban J connectivity index is 2.15. The predicted octanol–water partition coefficient (Wildman–Crippen LogP) is 4.77. The summed E-state index contributed by atoms with van der Waals surface area (Å²) in [6, 6.07) is 8.95. The Morgan fingerprint density at radius 1 is 1.17 bits per heavy atom. The second kappa shape index (κ2) is 4.43. The predicted molar refractivity (Wildman–Crippen MR) is 76.1 cm³/mol. The van der Waals surface area contributed by atoms with Gasteiger partial charge in [-0.05, 0) is 18.2 Å². The molecule has 0 atom stereocenters. The molecule has 0 fully saturated rings. The summed E-state index contributed by atoms with van der Waals surface area (Å²) < 4.78 is 0.608. The largest absolute Gasteiger partial charge is 0.359 e. The lowest BCUT2D eigenvalue weighted by molar-refractivity contribution is 0.104. The van der Waals surface area contributed by atoms with Gasteiger partial charge in [-0.2, -0.15) is 0 Å². The first kappa shape index (κ1) is 11.8. The zero-order chi connectivity index (χ0) is 12.7. The van der Waals surface area contributed by atoms with Gasteiger partial charge in [-0.1, -0.05) is 35.3 Å². The fourth-order valence-electron chi connectivity index (χ4n) is 1.87. The van der Waals surface area contributed by atoms with Crippen LogP contribution in [0.4, 0.5) is 0 Å². The third-order valence-corrected chi connectivity index (χ3v) is 4.25. The maximum Gasteiger partial charge on any atom is 0.205 e. The molecular formula is C13H7Cl2NOS. The fourth-order valence-corrected chi connectivity index (χ4v) is 3.10. The number of aromatic amines is 1. The molecule has 0 aliphatic carbocycles. The van der Waals surface area contributed by atoms with Gasteiger partial charge in [0.2, 0.25) is 5.78 Å². The van der Waals surface area contributed by atoms with Crippen LogP contribution in [0, 0.1) is 0 Å². The topological polar surface area (TPSA) is 32.9 Å². The number of thiophene rings is 1. The third kappa shape index (κ3) is 1.85. The average molecular weight is 296 g/mol. The lowest BCUT2D eigenvalue weighted by Crippen LogP contribution is -1.96. The number of H-pyrrole nitrogens is 1. The van der Waals surface area contributed by atoms with Crippen LogP contribution in [0.25, 0.3) is 10.9 Å². The van der Waals surface area contributed by atoms with Crippen molar-refractivity contribution in [3.8, 4) is 0 Å². The molecule has 0 saturated heterocycles. The molecule has 0 aliphatic rings. The monoisotopic (exact) mass is 295 g/mol. The summed E-state index contributed by atoms with van der Waals surface area (Å²) in [4.78, 5) is 16.0. The Bertz CT molecular complexity index is 744. The summed E-state index contributed by atoms with van der Waals surface area (Å²) in [5, 5.41) is 1.44. The zero-order valence-electron chi connectivity index (χ0n) is 9.04. The van der Waals surface area contributed by atoms with Crippen LogP contribution in [0.5, 0.6) is 0 Å². The minimum Gasteiger partial charge on any atom is -0.359 e. The van der Waals surface area contributed by atoms with E-state index < -0.39 is 0 Å². The van der Waals surface area contributed by atoms with Crippen LogP contribution in [-0.2, 0) is 0 Å². The van der Waals surface area contributed by atoms with Gasteiger partial charge in [0.1, 0.15) is 0 Å². The van der Waals surface area contributed by atoms with Crippen LogP contribution in [0.1, 0.15) is 15.2 Å². The lowest BCUT2D eigenvalue weighted by Gasteiger charge is -1.96. The molecule has 2 heterocycles. The number of ketones is 1. The molecule has 2 nitrogen and oxygen atoms in total. The number of hydrogen-bond donors (Lipinski definition) is 1. The Kier molecular flexibility index (Phi) is 2.90. The molecule has 1 N–H and O–H groups in total. The summed E-state index contributed by atoms with van der Waals surface area (Å²) in [5.41, 5.74) is 1.40. The second-order valence-corrected chi connectivity index (χ2v) is 5.92. The highest BCUT2D eigenvalue weighted by Gasteiger charge is 2.16.